The van der Waals surface area contributed by atoms with Gasteiger partial charge in [0.15, 0.2) is 0 Å². The van der Waals surface area contributed by atoms with Gasteiger partial charge >= 0.3 is 0 Å². The molecule has 0 amide bonds. The van der Waals surface area contributed by atoms with Crippen molar-refractivity contribution in [2.75, 3.05) is 0 Å². The Balaban J connectivity index is 2.91. The van der Waals surface area contributed by atoms with E-state index in [2.05, 4.69) is 51.6 Å². The summed E-state index contributed by atoms with van der Waals surface area (Å²) in [6.45, 7) is 4.13. The van der Waals surface area contributed by atoms with Gasteiger partial charge in [0, 0.05) is 13.2 Å². The molecule has 2 nitrogen and oxygen atoms in total. The third-order valence-corrected chi connectivity index (χ3v) is 3.07. The standard InChI is InChI=1S/C10H11BrN2/c1-6-4-8-9(12-10(6)11)7(2)5-13(8)3/h4-5H,1-3H3. The van der Waals surface area contributed by atoms with Crippen molar-refractivity contribution in [3.8, 4) is 0 Å². The van der Waals surface area contributed by atoms with E-state index in [1.54, 1.807) is 0 Å². The van der Waals surface area contributed by atoms with Crippen molar-refractivity contribution in [1.29, 1.82) is 0 Å². The fourth-order valence-corrected chi connectivity index (χ4v) is 1.85. The van der Waals surface area contributed by atoms with Gasteiger partial charge in [-0.1, -0.05) is 0 Å². The van der Waals surface area contributed by atoms with Crippen LogP contribution in [0.3, 0.4) is 0 Å². The number of halogens is 1. The number of fused-ring (bicyclic) bond motifs is 1. The zero-order chi connectivity index (χ0) is 9.59. The second-order valence-corrected chi connectivity index (χ2v) is 4.14. The maximum absolute atomic E-state index is 4.49. The summed E-state index contributed by atoms with van der Waals surface area (Å²) in [5.41, 5.74) is 4.67. The molecule has 0 atom stereocenters. The Hall–Kier alpha value is -0.830. The maximum Gasteiger partial charge on any atom is 0.109 e. The second-order valence-electron chi connectivity index (χ2n) is 3.39. The quantitative estimate of drug-likeness (QED) is 0.646. The van der Waals surface area contributed by atoms with Crippen molar-refractivity contribution in [2.45, 2.75) is 13.8 Å². The highest BCUT2D eigenvalue weighted by molar-refractivity contribution is 9.10. The van der Waals surface area contributed by atoms with E-state index in [0.29, 0.717) is 0 Å². The zero-order valence-electron chi connectivity index (χ0n) is 7.93. The zero-order valence-corrected chi connectivity index (χ0v) is 9.51. The summed E-state index contributed by atoms with van der Waals surface area (Å²) >= 11 is 3.44. The monoisotopic (exact) mass is 238 g/mol. The van der Waals surface area contributed by atoms with E-state index in [4.69, 9.17) is 0 Å². The summed E-state index contributed by atoms with van der Waals surface area (Å²) in [5, 5.41) is 0. The lowest BCUT2D eigenvalue weighted by Crippen LogP contribution is -1.87. The van der Waals surface area contributed by atoms with E-state index < -0.39 is 0 Å². The van der Waals surface area contributed by atoms with Crippen LogP contribution in [-0.2, 0) is 7.05 Å². The third-order valence-electron chi connectivity index (χ3n) is 2.27. The highest BCUT2D eigenvalue weighted by atomic mass is 79.9. The van der Waals surface area contributed by atoms with Crippen LogP contribution in [0.1, 0.15) is 11.1 Å². The van der Waals surface area contributed by atoms with Gasteiger partial charge in [0.1, 0.15) is 4.60 Å². The number of hydrogen-bond acceptors (Lipinski definition) is 1. The number of hydrogen-bond donors (Lipinski definition) is 0. The lowest BCUT2D eigenvalue weighted by Gasteiger charge is -1.99. The molecular formula is C10H11BrN2. The van der Waals surface area contributed by atoms with E-state index in [0.717, 1.165) is 10.1 Å². The Morgan fingerprint density at radius 1 is 1.31 bits per heavy atom. The highest BCUT2D eigenvalue weighted by Gasteiger charge is 2.06. The lowest BCUT2D eigenvalue weighted by molar-refractivity contribution is 0.962. The van der Waals surface area contributed by atoms with E-state index in [-0.39, 0.29) is 0 Å². The predicted molar refractivity (Wildman–Crippen MR) is 57.9 cm³/mol. The molecule has 2 aromatic heterocycles. The first-order chi connectivity index (χ1) is 6.09. The Morgan fingerprint density at radius 3 is 2.69 bits per heavy atom. The van der Waals surface area contributed by atoms with Gasteiger partial charge in [-0.05, 0) is 47.0 Å². The van der Waals surface area contributed by atoms with E-state index in [1.165, 1.54) is 16.6 Å². The Morgan fingerprint density at radius 2 is 2.00 bits per heavy atom. The molecule has 2 aromatic rings. The summed E-state index contributed by atoms with van der Waals surface area (Å²) in [4.78, 5) is 4.49. The minimum Gasteiger partial charge on any atom is -0.349 e. The molecule has 0 unspecified atom stereocenters. The molecule has 0 aliphatic carbocycles. The largest absolute Gasteiger partial charge is 0.349 e. The minimum atomic E-state index is 0.939. The number of nitrogens with zero attached hydrogens (tertiary/aromatic N) is 2. The van der Waals surface area contributed by atoms with E-state index in [1.807, 2.05) is 7.05 Å². The summed E-state index contributed by atoms with van der Waals surface area (Å²) in [6, 6.07) is 2.15. The molecule has 2 heterocycles. The van der Waals surface area contributed by atoms with Gasteiger partial charge in [0.2, 0.25) is 0 Å². The summed E-state index contributed by atoms with van der Waals surface area (Å²) in [5.74, 6) is 0. The highest BCUT2D eigenvalue weighted by Crippen LogP contribution is 2.23. The third kappa shape index (κ3) is 1.27. The van der Waals surface area contributed by atoms with Crippen molar-refractivity contribution in [2.24, 2.45) is 7.05 Å². The number of aromatic nitrogens is 2. The fraction of sp³-hybridized carbons (Fsp3) is 0.300. The van der Waals surface area contributed by atoms with E-state index in [9.17, 15) is 0 Å². The van der Waals surface area contributed by atoms with Crippen LogP contribution in [0.15, 0.2) is 16.9 Å². The molecule has 0 aliphatic heterocycles. The number of pyridine rings is 1. The minimum absolute atomic E-state index is 0.939. The second kappa shape index (κ2) is 2.84. The van der Waals surface area contributed by atoms with Gasteiger partial charge < -0.3 is 4.57 Å². The lowest BCUT2D eigenvalue weighted by atomic mass is 10.2. The van der Waals surface area contributed by atoms with Crippen LogP contribution in [-0.4, -0.2) is 9.55 Å². The van der Waals surface area contributed by atoms with Crippen molar-refractivity contribution in [3.63, 3.8) is 0 Å². The van der Waals surface area contributed by atoms with Crippen LogP contribution < -0.4 is 0 Å². The summed E-state index contributed by atoms with van der Waals surface area (Å²) in [6.07, 6.45) is 2.10. The van der Waals surface area contributed by atoms with Crippen molar-refractivity contribution < 1.29 is 0 Å². The van der Waals surface area contributed by atoms with Crippen LogP contribution >= 0.6 is 15.9 Å². The Bertz CT molecular complexity index is 429. The molecule has 0 saturated heterocycles. The van der Waals surface area contributed by atoms with Gasteiger partial charge in [-0.3, -0.25) is 0 Å². The van der Waals surface area contributed by atoms with Crippen LogP contribution in [0.2, 0.25) is 0 Å². The van der Waals surface area contributed by atoms with Crippen molar-refractivity contribution in [3.05, 3.63) is 28.0 Å². The topological polar surface area (TPSA) is 17.8 Å². The van der Waals surface area contributed by atoms with Crippen LogP contribution in [0.4, 0.5) is 0 Å². The van der Waals surface area contributed by atoms with Crippen LogP contribution in [0.5, 0.6) is 0 Å². The molecule has 0 aromatic carbocycles. The summed E-state index contributed by atoms with van der Waals surface area (Å²) in [7, 11) is 2.05. The predicted octanol–water partition coefficient (Wildman–Crippen LogP) is 2.95. The van der Waals surface area contributed by atoms with Crippen LogP contribution in [0, 0.1) is 13.8 Å². The SMILES string of the molecule is Cc1cc2c(nc1Br)c(C)cn2C. The molecule has 3 heteroatoms. The van der Waals surface area contributed by atoms with Crippen molar-refractivity contribution >= 4 is 27.0 Å². The molecule has 0 fully saturated rings. The molecule has 0 radical (unpaired) electrons. The fourth-order valence-electron chi connectivity index (χ4n) is 1.56. The smallest absolute Gasteiger partial charge is 0.109 e. The first kappa shape index (κ1) is 8.75. The first-order valence-corrected chi connectivity index (χ1v) is 4.97. The molecule has 0 spiro atoms. The first-order valence-electron chi connectivity index (χ1n) is 4.18. The van der Waals surface area contributed by atoms with Gasteiger partial charge in [-0.15, -0.1) is 0 Å². The average Bonchev–Trinajstić information content (AvgIpc) is 2.31. The molecular weight excluding hydrogens is 228 g/mol. The molecule has 13 heavy (non-hydrogen) atoms. The number of rotatable bonds is 0. The molecule has 0 saturated carbocycles. The van der Waals surface area contributed by atoms with Crippen LogP contribution in [0.25, 0.3) is 11.0 Å². The van der Waals surface area contributed by atoms with Gasteiger partial charge in [0.05, 0.1) is 11.0 Å². The summed E-state index contributed by atoms with van der Waals surface area (Å²) < 4.78 is 3.05. The van der Waals surface area contributed by atoms with Gasteiger partial charge in [-0.2, -0.15) is 0 Å². The molecule has 0 bridgehead atoms. The van der Waals surface area contributed by atoms with Gasteiger partial charge in [0.25, 0.3) is 0 Å². The molecule has 2 rings (SSSR count). The number of aryl methyl sites for hydroxylation is 3. The normalized spacial score (nSPS) is 11.1. The van der Waals surface area contributed by atoms with Crippen molar-refractivity contribution in [1.82, 2.24) is 9.55 Å². The maximum atomic E-state index is 4.49. The average molecular weight is 239 g/mol. The Kier molecular flexibility index (Phi) is 1.91. The Labute approximate surface area is 85.7 Å². The molecule has 68 valence electrons. The van der Waals surface area contributed by atoms with E-state index >= 15 is 0 Å². The molecule has 0 N–H and O–H groups in total. The van der Waals surface area contributed by atoms with Gasteiger partial charge in [-0.25, -0.2) is 4.98 Å². The molecule has 0 aliphatic rings.